The van der Waals surface area contributed by atoms with Crippen molar-refractivity contribution in [1.29, 1.82) is 0 Å². The lowest BCUT2D eigenvalue weighted by atomic mass is 9.99. The second kappa shape index (κ2) is 8.06. The molecule has 2 N–H and O–H groups in total. The number of H-pyrrole nitrogens is 1. The van der Waals surface area contributed by atoms with E-state index < -0.39 is 11.5 Å². The average molecular weight is 622 g/mol. The van der Waals surface area contributed by atoms with E-state index in [0.717, 1.165) is 5.56 Å². The van der Waals surface area contributed by atoms with E-state index in [1.54, 1.807) is 41.1 Å². The average Bonchev–Trinajstić information content (AvgIpc) is 3.58. The molecular weight excluding hydrogens is 606 g/mol. The van der Waals surface area contributed by atoms with Gasteiger partial charge in [-0.25, -0.2) is 14.6 Å². The fourth-order valence-corrected chi connectivity index (χ4v) is 7.70. The van der Waals surface area contributed by atoms with Crippen molar-refractivity contribution in [3.8, 4) is 28.2 Å². The van der Waals surface area contributed by atoms with E-state index in [0.29, 0.717) is 62.7 Å². The largest absolute Gasteiger partial charge is 0.326 e. The summed E-state index contributed by atoms with van der Waals surface area (Å²) < 4.78 is 18.6. The molecule has 0 radical (unpaired) electrons. The topological polar surface area (TPSA) is 123 Å². The summed E-state index contributed by atoms with van der Waals surface area (Å²) >= 11 is 19.0. The van der Waals surface area contributed by atoms with Gasteiger partial charge in [0.1, 0.15) is 22.9 Å². The van der Waals surface area contributed by atoms with E-state index in [-0.39, 0.29) is 40.1 Å². The van der Waals surface area contributed by atoms with Crippen LogP contribution in [0.5, 0.6) is 0 Å². The van der Waals surface area contributed by atoms with Crippen LogP contribution in [0.1, 0.15) is 29.6 Å². The third-order valence-corrected chi connectivity index (χ3v) is 9.74. The number of hydrogen-bond acceptors (Lipinski definition) is 6. The fourth-order valence-electron chi connectivity index (χ4n) is 7.05. The van der Waals surface area contributed by atoms with Crippen molar-refractivity contribution in [2.75, 3.05) is 5.32 Å². The number of halogens is 4. The van der Waals surface area contributed by atoms with Gasteiger partial charge < -0.3 is 10.3 Å². The van der Waals surface area contributed by atoms with E-state index in [9.17, 15) is 9.59 Å². The molecule has 10 rings (SSSR count). The molecule has 10 nitrogen and oxygen atoms in total. The number of amides is 1. The predicted molar refractivity (Wildman–Crippen MR) is 152 cm³/mol. The predicted octanol–water partition coefficient (Wildman–Crippen LogP) is 4.97. The number of carbonyl (C=O) groups is 1. The molecule has 208 valence electrons. The summed E-state index contributed by atoms with van der Waals surface area (Å²) in [5.74, 6) is 0.578. The molecule has 42 heavy (non-hydrogen) atoms. The normalized spacial score (nSPS) is 24.2. The van der Waals surface area contributed by atoms with Gasteiger partial charge in [0.05, 0.1) is 22.6 Å². The van der Waals surface area contributed by atoms with Crippen molar-refractivity contribution in [2.24, 2.45) is 11.8 Å². The number of anilines is 1. The molecule has 2 fully saturated rings. The monoisotopic (exact) mass is 620 g/mol. The van der Waals surface area contributed by atoms with Crippen LogP contribution in [0.4, 0.5) is 10.1 Å². The maximum atomic E-state index is 15.4. The third-order valence-electron chi connectivity index (χ3n) is 8.90. The second-order valence-corrected chi connectivity index (χ2v) is 12.2. The summed E-state index contributed by atoms with van der Waals surface area (Å²) in [5, 5.41) is 11.7. The molecule has 2 aliphatic carbocycles. The minimum Gasteiger partial charge on any atom is -0.326 e. The lowest BCUT2D eigenvalue weighted by Crippen LogP contribution is -2.33. The Hall–Kier alpha value is -4.06. The molecule has 14 heteroatoms. The summed E-state index contributed by atoms with van der Waals surface area (Å²) in [6.07, 6.45) is 2.31. The molecule has 0 saturated heterocycles. The first-order valence-corrected chi connectivity index (χ1v) is 14.3. The molecule has 2 bridgehead atoms. The zero-order chi connectivity index (χ0) is 28.7. The molecule has 5 aliphatic rings. The summed E-state index contributed by atoms with van der Waals surface area (Å²) in [4.78, 5) is 37.9. The van der Waals surface area contributed by atoms with Crippen molar-refractivity contribution in [1.82, 2.24) is 34.5 Å². The standard InChI is InChI=1S/C28H16Cl3FN8O2/c29-10-1-5-16(39-9-17(30)37-38-39)13(7-10)15-8-19(42)40-26(34-15)20-21-22(20)28(21,40)27-35-24(25(32)36-27)12-2-4-14-11(23(12)31)3-6-18(41)33-14/h1-2,4-5,7-9,20-22H,3,6H2,(H,33,41)(H,35,36). The van der Waals surface area contributed by atoms with Crippen LogP contribution in [-0.2, 0) is 16.8 Å². The number of imidazole rings is 1. The molecule has 6 heterocycles. The van der Waals surface area contributed by atoms with Gasteiger partial charge in [-0.2, -0.15) is 4.39 Å². The molecule has 3 aliphatic heterocycles. The molecule has 2 unspecified atom stereocenters. The summed E-state index contributed by atoms with van der Waals surface area (Å²) in [6.45, 7) is 0. The van der Waals surface area contributed by atoms with Gasteiger partial charge in [0.25, 0.3) is 5.56 Å². The van der Waals surface area contributed by atoms with Gasteiger partial charge in [0, 0.05) is 52.1 Å². The minimum absolute atomic E-state index is 0.0769. The molecule has 5 aromatic rings. The Morgan fingerprint density at radius 3 is 2.62 bits per heavy atom. The van der Waals surface area contributed by atoms with Crippen molar-refractivity contribution < 1.29 is 9.18 Å². The van der Waals surface area contributed by atoms with Gasteiger partial charge in [0.15, 0.2) is 5.15 Å². The SMILES string of the molecule is O=C1CCc2c(ccc(-c3nc(C45C6C(c7nc(-c8cc(Cl)ccc8-n8cc(Cl)nn8)cc(=O)n74)C65)[nH]c3F)c2Cl)N1. The number of hydrogen-bond donors (Lipinski definition) is 2. The first-order valence-electron chi connectivity index (χ1n) is 13.2. The molecule has 0 spiro atoms. The van der Waals surface area contributed by atoms with Gasteiger partial charge in [-0.05, 0) is 42.3 Å². The number of aromatic nitrogens is 7. The second-order valence-electron chi connectivity index (χ2n) is 11.0. The van der Waals surface area contributed by atoms with Crippen molar-refractivity contribution in [3.63, 3.8) is 0 Å². The van der Waals surface area contributed by atoms with Gasteiger partial charge in [-0.3, -0.25) is 14.2 Å². The number of carbonyl (C=O) groups excluding carboxylic acids is 1. The maximum Gasteiger partial charge on any atom is 0.255 e. The highest BCUT2D eigenvalue weighted by Gasteiger charge is 2.93. The van der Waals surface area contributed by atoms with Crippen LogP contribution in [0, 0.1) is 17.8 Å². The van der Waals surface area contributed by atoms with Gasteiger partial charge >= 0.3 is 0 Å². The van der Waals surface area contributed by atoms with Crippen LogP contribution in [-0.4, -0.2) is 40.4 Å². The Morgan fingerprint density at radius 1 is 1.00 bits per heavy atom. The number of benzene rings is 2. The Morgan fingerprint density at radius 2 is 1.83 bits per heavy atom. The van der Waals surface area contributed by atoms with E-state index in [2.05, 4.69) is 25.6 Å². The van der Waals surface area contributed by atoms with E-state index in [1.807, 2.05) is 0 Å². The lowest BCUT2D eigenvalue weighted by molar-refractivity contribution is -0.116. The van der Waals surface area contributed by atoms with Crippen molar-refractivity contribution >= 4 is 46.4 Å². The van der Waals surface area contributed by atoms with Crippen molar-refractivity contribution in [3.05, 3.63) is 91.3 Å². The lowest BCUT2D eigenvalue weighted by Gasteiger charge is -2.19. The van der Waals surface area contributed by atoms with Crippen LogP contribution in [0.15, 0.2) is 47.4 Å². The van der Waals surface area contributed by atoms with Gasteiger partial charge in [0.2, 0.25) is 11.9 Å². The van der Waals surface area contributed by atoms with Gasteiger partial charge in [-0.1, -0.05) is 40.0 Å². The summed E-state index contributed by atoms with van der Waals surface area (Å²) in [5.41, 5.74) is 2.48. The third kappa shape index (κ3) is 3.05. The highest BCUT2D eigenvalue weighted by Crippen LogP contribution is 2.89. The van der Waals surface area contributed by atoms with Crippen LogP contribution in [0.2, 0.25) is 15.2 Å². The maximum absolute atomic E-state index is 15.4. The Balaban J connectivity index is 1.13. The highest BCUT2D eigenvalue weighted by atomic mass is 35.5. The van der Waals surface area contributed by atoms with Crippen molar-refractivity contribution in [2.45, 2.75) is 24.3 Å². The van der Waals surface area contributed by atoms with E-state index >= 15 is 4.39 Å². The number of nitrogens with zero attached hydrogens (tertiary/aromatic N) is 6. The smallest absolute Gasteiger partial charge is 0.255 e. The quantitative estimate of drug-likeness (QED) is 0.292. The zero-order valence-corrected chi connectivity index (χ0v) is 23.5. The Bertz CT molecular complexity index is 2110. The highest BCUT2D eigenvalue weighted by molar-refractivity contribution is 6.34. The zero-order valence-electron chi connectivity index (χ0n) is 21.2. The van der Waals surface area contributed by atoms with Crippen LogP contribution in [0.3, 0.4) is 0 Å². The minimum atomic E-state index is -0.771. The molecule has 2 aromatic carbocycles. The Labute approximate surface area is 250 Å². The first-order chi connectivity index (χ1) is 20.3. The molecular formula is C28H16Cl3FN8O2. The van der Waals surface area contributed by atoms with Gasteiger partial charge in [-0.15, -0.1) is 5.10 Å². The molecule has 1 amide bonds. The van der Waals surface area contributed by atoms with Crippen LogP contribution >= 0.6 is 34.8 Å². The van der Waals surface area contributed by atoms with E-state index in [1.165, 1.54) is 10.7 Å². The number of aromatic amines is 1. The number of rotatable bonds is 4. The molecule has 2 saturated carbocycles. The molecule has 3 aromatic heterocycles. The fraction of sp³-hybridized carbons (Fsp3) is 0.214. The van der Waals surface area contributed by atoms with Crippen LogP contribution in [0.25, 0.3) is 28.2 Å². The first kappa shape index (κ1) is 24.5. The Kier molecular flexibility index (Phi) is 4.71. The number of fused-ring (bicyclic) bond motifs is 1. The van der Waals surface area contributed by atoms with Crippen LogP contribution < -0.4 is 10.9 Å². The van der Waals surface area contributed by atoms with E-state index in [4.69, 9.17) is 39.8 Å². The number of nitrogens with one attached hydrogen (secondary N) is 2. The summed E-state index contributed by atoms with van der Waals surface area (Å²) in [7, 11) is 0. The molecule has 2 atom stereocenters. The summed E-state index contributed by atoms with van der Waals surface area (Å²) in [6, 6.07) is 10.00.